The summed E-state index contributed by atoms with van der Waals surface area (Å²) in [6, 6.07) is 11.3. The van der Waals surface area contributed by atoms with Gasteiger partial charge >= 0.3 is 0 Å². The lowest BCUT2D eigenvalue weighted by Gasteiger charge is -2.00. The highest BCUT2D eigenvalue weighted by molar-refractivity contribution is 7.16. The number of aryl methyl sites for hydroxylation is 1. The van der Waals surface area contributed by atoms with Crippen molar-refractivity contribution in [2.75, 3.05) is 0 Å². The fraction of sp³-hybridized carbons (Fsp3) is 0.111. The Balaban J connectivity index is 2.08. The van der Waals surface area contributed by atoms with Crippen LogP contribution in [0.5, 0.6) is 0 Å². The van der Waals surface area contributed by atoms with Crippen molar-refractivity contribution in [1.29, 1.82) is 0 Å². The van der Waals surface area contributed by atoms with E-state index in [9.17, 15) is 14.9 Å². The summed E-state index contributed by atoms with van der Waals surface area (Å²) in [5.41, 5.74) is 2.24. The van der Waals surface area contributed by atoms with Gasteiger partial charge in [-0.1, -0.05) is 23.3 Å². The number of carbonyl (C=O) groups is 1. The molecule has 0 aliphatic heterocycles. The number of terminal acetylenes is 1. The number of non-ortho nitro benzene ring substituents is 1. The highest BCUT2D eigenvalue weighted by Crippen LogP contribution is 2.19. The number of nitro benzene ring substituents is 1. The van der Waals surface area contributed by atoms with Crippen LogP contribution in [-0.2, 0) is 6.54 Å². The zero-order valence-electron chi connectivity index (χ0n) is 13.3. The van der Waals surface area contributed by atoms with Crippen LogP contribution in [0.25, 0.3) is 10.2 Å². The molecule has 0 aliphatic rings. The number of amides is 1. The molecule has 1 heterocycles. The molecule has 0 aliphatic carbocycles. The van der Waals surface area contributed by atoms with Crippen molar-refractivity contribution < 1.29 is 9.72 Å². The van der Waals surface area contributed by atoms with Crippen molar-refractivity contribution in [3.8, 4) is 12.3 Å². The molecule has 0 saturated carbocycles. The molecule has 25 heavy (non-hydrogen) atoms. The first-order valence-electron chi connectivity index (χ1n) is 7.36. The minimum absolute atomic E-state index is 0.0729. The Kier molecular flexibility index (Phi) is 4.46. The second-order valence-electron chi connectivity index (χ2n) is 5.37. The number of carbonyl (C=O) groups excluding carboxylic acids is 1. The van der Waals surface area contributed by atoms with E-state index in [4.69, 9.17) is 6.42 Å². The Hall–Kier alpha value is -3.24. The van der Waals surface area contributed by atoms with Crippen molar-refractivity contribution in [2.45, 2.75) is 13.5 Å². The van der Waals surface area contributed by atoms with Gasteiger partial charge in [0.1, 0.15) is 0 Å². The average molecular weight is 351 g/mol. The van der Waals surface area contributed by atoms with Crippen LogP contribution >= 0.6 is 11.3 Å². The van der Waals surface area contributed by atoms with Crippen molar-refractivity contribution in [2.24, 2.45) is 4.99 Å². The number of hydrogen-bond donors (Lipinski definition) is 0. The first-order chi connectivity index (χ1) is 12.0. The Morgan fingerprint density at radius 1 is 1.32 bits per heavy atom. The maximum absolute atomic E-state index is 12.4. The summed E-state index contributed by atoms with van der Waals surface area (Å²) in [7, 11) is 0. The Morgan fingerprint density at radius 2 is 2.04 bits per heavy atom. The van der Waals surface area contributed by atoms with Crippen LogP contribution < -0.4 is 4.80 Å². The normalized spacial score (nSPS) is 11.4. The van der Waals surface area contributed by atoms with Crippen LogP contribution in [0.4, 0.5) is 5.69 Å². The quantitative estimate of drug-likeness (QED) is 0.413. The van der Waals surface area contributed by atoms with E-state index in [0.29, 0.717) is 11.3 Å². The van der Waals surface area contributed by atoms with Crippen LogP contribution in [0.3, 0.4) is 0 Å². The Morgan fingerprint density at radius 3 is 2.68 bits per heavy atom. The van der Waals surface area contributed by atoms with Gasteiger partial charge in [-0.05, 0) is 36.8 Å². The molecule has 1 amide bonds. The SMILES string of the molecule is C#CCn1c(=NC(=O)c2ccc([N+](=O)[O-])cc2)sc2cc(C)ccc21. The summed E-state index contributed by atoms with van der Waals surface area (Å²) < 4.78 is 2.80. The number of hydrogen-bond acceptors (Lipinski definition) is 4. The van der Waals surface area contributed by atoms with Crippen molar-refractivity contribution >= 4 is 33.1 Å². The van der Waals surface area contributed by atoms with Gasteiger partial charge in [-0.3, -0.25) is 14.9 Å². The Labute approximate surface area is 147 Å². The van der Waals surface area contributed by atoms with E-state index in [1.54, 1.807) is 0 Å². The minimum Gasteiger partial charge on any atom is -0.305 e. The molecular weight excluding hydrogens is 338 g/mol. The molecule has 2 aromatic carbocycles. The molecule has 0 radical (unpaired) electrons. The zero-order chi connectivity index (χ0) is 18.0. The lowest BCUT2D eigenvalue weighted by molar-refractivity contribution is -0.384. The molecule has 7 heteroatoms. The third-order valence-corrected chi connectivity index (χ3v) is 4.65. The predicted molar refractivity (Wildman–Crippen MR) is 96.4 cm³/mol. The second kappa shape index (κ2) is 6.71. The molecule has 0 bridgehead atoms. The van der Waals surface area contributed by atoms with Crippen LogP contribution in [0.15, 0.2) is 47.5 Å². The van der Waals surface area contributed by atoms with Gasteiger partial charge in [0, 0.05) is 17.7 Å². The van der Waals surface area contributed by atoms with Gasteiger partial charge in [0.25, 0.3) is 11.6 Å². The maximum Gasteiger partial charge on any atom is 0.279 e. The molecule has 0 atom stereocenters. The molecule has 124 valence electrons. The molecule has 3 rings (SSSR count). The summed E-state index contributed by atoms with van der Waals surface area (Å²) in [4.78, 5) is 27.2. The number of benzene rings is 2. The monoisotopic (exact) mass is 351 g/mol. The smallest absolute Gasteiger partial charge is 0.279 e. The summed E-state index contributed by atoms with van der Waals surface area (Å²) >= 11 is 1.38. The van der Waals surface area contributed by atoms with Gasteiger partial charge < -0.3 is 4.57 Å². The average Bonchev–Trinajstić information content (AvgIpc) is 2.91. The lowest BCUT2D eigenvalue weighted by atomic mass is 10.2. The molecule has 1 aromatic heterocycles. The molecule has 0 spiro atoms. The van der Waals surface area contributed by atoms with E-state index in [1.807, 2.05) is 29.7 Å². The summed E-state index contributed by atoms with van der Waals surface area (Å²) in [5, 5.41) is 10.7. The highest BCUT2D eigenvalue weighted by Gasteiger charge is 2.11. The standard InChI is InChI=1S/C18H13N3O3S/c1-3-10-20-15-9-4-12(2)11-16(15)25-18(20)19-17(22)13-5-7-14(8-6-13)21(23)24/h1,4-9,11H,10H2,2H3. The van der Waals surface area contributed by atoms with Gasteiger partial charge in [0.15, 0.2) is 4.80 Å². The first-order valence-corrected chi connectivity index (χ1v) is 8.18. The van der Waals surface area contributed by atoms with E-state index in [2.05, 4.69) is 10.9 Å². The molecule has 0 N–H and O–H groups in total. The topological polar surface area (TPSA) is 77.5 Å². The van der Waals surface area contributed by atoms with Crippen LogP contribution in [0.2, 0.25) is 0 Å². The fourth-order valence-corrected chi connectivity index (χ4v) is 3.51. The van der Waals surface area contributed by atoms with E-state index in [-0.39, 0.29) is 11.3 Å². The fourth-order valence-electron chi connectivity index (χ4n) is 2.39. The maximum atomic E-state index is 12.4. The van der Waals surface area contributed by atoms with Gasteiger partial charge in [-0.2, -0.15) is 4.99 Å². The summed E-state index contributed by atoms with van der Waals surface area (Å²) in [6.45, 7) is 2.29. The number of rotatable bonds is 3. The van der Waals surface area contributed by atoms with Crippen LogP contribution in [0.1, 0.15) is 15.9 Å². The zero-order valence-corrected chi connectivity index (χ0v) is 14.1. The Bertz CT molecular complexity index is 1090. The van der Waals surface area contributed by atoms with Gasteiger partial charge in [0.2, 0.25) is 0 Å². The molecule has 0 unspecified atom stereocenters. The van der Waals surface area contributed by atoms with E-state index in [0.717, 1.165) is 15.8 Å². The largest absolute Gasteiger partial charge is 0.305 e. The van der Waals surface area contributed by atoms with Crippen molar-refractivity contribution in [3.05, 3.63) is 68.5 Å². The first kappa shape index (κ1) is 16.6. The number of nitrogens with zero attached hydrogens (tertiary/aromatic N) is 3. The highest BCUT2D eigenvalue weighted by atomic mass is 32.1. The van der Waals surface area contributed by atoms with Gasteiger partial charge in [-0.15, -0.1) is 6.42 Å². The number of aromatic nitrogens is 1. The summed E-state index contributed by atoms with van der Waals surface area (Å²) in [6.07, 6.45) is 5.44. The molecule has 0 fully saturated rings. The van der Waals surface area contributed by atoms with E-state index >= 15 is 0 Å². The number of fused-ring (bicyclic) bond motifs is 1. The number of nitro groups is 1. The van der Waals surface area contributed by atoms with Crippen molar-refractivity contribution in [3.63, 3.8) is 0 Å². The van der Waals surface area contributed by atoms with Gasteiger partial charge in [-0.25, -0.2) is 0 Å². The third kappa shape index (κ3) is 3.34. The van der Waals surface area contributed by atoms with E-state index in [1.165, 1.54) is 35.6 Å². The number of thiazole rings is 1. The van der Waals surface area contributed by atoms with Crippen molar-refractivity contribution in [1.82, 2.24) is 4.57 Å². The molecule has 3 aromatic rings. The molecular formula is C18H13N3O3S. The molecule has 6 nitrogen and oxygen atoms in total. The predicted octanol–water partition coefficient (Wildman–Crippen LogP) is 3.29. The van der Waals surface area contributed by atoms with E-state index < -0.39 is 10.8 Å². The van der Waals surface area contributed by atoms with Crippen LogP contribution in [0, 0.1) is 29.4 Å². The van der Waals surface area contributed by atoms with Gasteiger partial charge in [0.05, 0.1) is 21.7 Å². The molecule has 0 saturated heterocycles. The third-order valence-electron chi connectivity index (χ3n) is 3.61. The lowest BCUT2D eigenvalue weighted by Crippen LogP contribution is -2.16. The summed E-state index contributed by atoms with van der Waals surface area (Å²) in [5.74, 6) is 2.11. The second-order valence-corrected chi connectivity index (χ2v) is 6.38. The van der Waals surface area contributed by atoms with Crippen LogP contribution in [-0.4, -0.2) is 15.4 Å². The minimum atomic E-state index is -0.513.